The molecular weight excluding hydrogens is 225 g/mol. The minimum absolute atomic E-state index is 0.103. The average molecular weight is 247 g/mol. The highest BCUT2D eigenvalue weighted by Gasteiger charge is 2.34. The summed E-state index contributed by atoms with van der Waals surface area (Å²) in [5, 5.41) is 3.79. The van der Waals surface area contributed by atoms with Gasteiger partial charge in [-0.05, 0) is 55.2 Å². The first-order valence-corrected chi connectivity index (χ1v) is 7.24. The monoisotopic (exact) mass is 247 g/mol. The lowest BCUT2D eigenvalue weighted by atomic mass is 9.75. The first kappa shape index (κ1) is 12.2. The molecule has 0 spiro atoms. The van der Waals surface area contributed by atoms with Crippen LogP contribution in [0.5, 0.6) is 0 Å². The van der Waals surface area contributed by atoms with Gasteiger partial charge in [-0.15, -0.1) is 0 Å². The van der Waals surface area contributed by atoms with Gasteiger partial charge in [0.15, 0.2) is 0 Å². The van der Waals surface area contributed by atoms with E-state index >= 15 is 0 Å². The standard InChI is InChI=1S/C16H22FN/c1-11-4-2-7-16(11)18-15-9-13(10-15)12-5-3-6-14(17)8-12/h3,5-6,8,11,13,15-16,18H,2,4,7,9-10H2,1H3. The summed E-state index contributed by atoms with van der Waals surface area (Å²) in [4.78, 5) is 0. The van der Waals surface area contributed by atoms with Crippen molar-refractivity contribution < 1.29 is 4.39 Å². The highest BCUT2D eigenvalue weighted by molar-refractivity contribution is 5.23. The van der Waals surface area contributed by atoms with Crippen molar-refractivity contribution >= 4 is 0 Å². The molecule has 0 bridgehead atoms. The molecule has 2 saturated carbocycles. The summed E-state index contributed by atoms with van der Waals surface area (Å²) in [6.07, 6.45) is 6.43. The molecule has 98 valence electrons. The molecule has 1 nitrogen and oxygen atoms in total. The van der Waals surface area contributed by atoms with E-state index in [1.54, 1.807) is 6.07 Å². The van der Waals surface area contributed by atoms with Gasteiger partial charge in [-0.1, -0.05) is 25.5 Å². The molecule has 3 rings (SSSR count). The van der Waals surface area contributed by atoms with Crippen molar-refractivity contribution in [3.8, 4) is 0 Å². The van der Waals surface area contributed by atoms with Gasteiger partial charge in [-0.2, -0.15) is 0 Å². The van der Waals surface area contributed by atoms with Crippen LogP contribution in [0, 0.1) is 11.7 Å². The van der Waals surface area contributed by atoms with Gasteiger partial charge in [0, 0.05) is 12.1 Å². The van der Waals surface area contributed by atoms with E-state index in [0.29, 0.717) is 12.0 Å². The quantitative estimate of drug-likeness (QED) is 0.855. The maximum absolute atomic E-state index is 13.1. The lowest BCUT2D eigenvalue weighted by Gasteiger charge is -2.39. The third-order valence-electron chi connectivity index (χ3n) is 4.77. The Morgan fingerprint density at radius 3 is 2.72 bits per heavy atom. The number of hydrogen-bond acceptors (Lipinski definition) is 1. The van der Waals surface area contributed by atoms with Crippen molar-refractivity contribution in [2.24, 2.45) is 5.92 Å². The van der Waals surface area contributed by atoms with E-state index in [0.717, 1.165) is 12.0 Å². The van der Waals surface area contributed by atoms with E-state index in [9.17, 15) is 4.39 Å². The van der Waals surface area contributed by atoms with Gasteiger partial charge in [-0.25, -0.2) is 4.39 Å². The van der Waals surface area contributed by atoms with Gasteiger partial charge in [0.2, 0.25) is 0 Å². The maximum atomic E-state index is 13.1. The summed E-state index contributed by atoms with van der Waals surface area (Å²) in [5.74, 6) is 1.29. The molecule has 2 atom stereocenters. The number of rotatable bonds is 3. The van der Waals surface area contributed by atoms with Crippen LogP contribution in [-0.2, 0) is 0 Å². The Labute approximate surface area is 109 Å². The van der Waals surface area contributed by atoms with Crippen LogP contribution >= 0.6 is 0 Å². The van der Waals surface area contributed by atoms with Gasteiger partial charge in [0.05, 0.1) is 0 Å². The lowest BCUT2D eigenvalue weighted by Crippen LogP contribution is -2.46. The Bertz CT molecular complexity index is 411. The summed E-state index contributed by atoms with van der Waals surface area (Å²) in [7, 11) is 0. The summed E-state index contributed by atoms with van der Waals surface area (Å²) >= 11 is 0. The van der Waals surface area contributed by atoms with E-state index in [4.69, 9.17) is 0 Å². The fourth-order valence-electron chi connectivity index (χ4n) is 3.48. The molecule has 0 aromatic heterocycles. The Kier molecular flexibility index (Phi) is 3.38. The van der Waals surface area contributed by atoms with Gasteiger partial charge in [0.1, 0.15) is 5.82 Å². The third kappa shape index (κ3) is 2.44. The van der Waals surface area contributed by atoms with Crippen LogP contribution < -0.4 is 5.32 Å². The zero-order valence-corrected chi connectivity index (χ0v) is 11.0. The normalized spacial score (nSPS) is 35.4. The highest BCUT2D eigenvalue weighted by Crippen LogP contribution is 2.38. The molecule has 1 aromatic rings. The molecule has 2 fully saturated rings. The predicted molar refractivity (Wildman–Crippen MR) is 72.1 cm³/mol. The largest absolute Gasteiger partial charge is 0.311 e. The molecule has 0 radical (unpaired) electrons. The second-order valence-corrected chi connectivity index (χ2v) is 6.10. The number of hydrogen-bond donors (Lipinski definition) is 1. The zero-order valence-electron chi connectivity index (χ0n) is 11.0. The first-order chi connectivity index (χ1) is 8.72. The summed E-state index contributed by atoms with van der Waals surface area (Å²) < 4.78 is 13.1. The lowest BCUT2D eigenvalue weighted by molar-refractivity contribution is 0.247. The zero-order chi connectivity index (χ0) is 12.5. The van der Waals surface area contributed by atoms with Crippen LogP contribution in [0.25, 0.3) is 0 Å². The van der Waals surface area contributed by atoms with E-state index in [1.807, 2.05) is 6.07 Å². The summed E-state index contributed by atoms with van der Waals surface area (Å²) in [6, 6.07) is 8.48. The molecule has 1 N–H and O–H groups in total. The van der Waals surface area contributed by atoms with Crippen LogP contribution in [0.2, 0.25) is 0 Å². The molecule has 0 amide bonds. The third-order valence-corrected chi connectivity index (χ3v) is 4.77. The smallest absolute Gasteiger partial charge is 0.123 e. The Morgan fingerprint density at radius 1 is 1.22 bits per heavy atom. The Hall–Kier alpha value is -0.890. The highest BCUT2D eigenvalue weighted by atomic mass is 19.1. The summed E-state index contributed by atoms with van der Waals surface area (Å²) in [6.45, 7) is 2.35. The number of nitrogens with one attached hydrogen (secondary N) is 1. The van der Waals surface area contributed by atoms with Gasteiger partial charge < -0.3 is 5.32 Å². The second kappa shape index (κ2) is 5.00. The molecule has 2 aliphatic carbocycles. The molecule has 0 saturated heterocycles. The van der Waals surface area contributed by atoms with Gasteiger partial charge >= 0.3 is 0 Å². The van der Waals surface area contributed by atoms with Crippen molar-refractivity contribution in [3.05, 3.63) is 35.6 Å². The van der Waals surface area contributed by atoms with E-state index < -0.39 is 0 Å². The molecule has 2 aliphatic rings. The summed E-state index contributed by atoms with van der Waals surface area (Å²) in [5.41, 5.74) is 1.17. The van der Waals surface area contributed by atoms with E-state index in [2.05, 4.69) is 18.3 Å². The number of benzene rings is 1. The van der Waals surface area contributed by atoms with E-state index in [1.165, 1.54) is 43.7 Å². The predicted octanol–water partition coefficient (Wildman–Crippen LogP) is 3.85. The minimum Gasteiger partial charge on any atom is -0.311 e. The van der Waals surface area contributed by atoms with Crippen LogP contribution in [0.15, 0.2) is 24.3 Å². The second-order valence-electron chi connectivity index (χ2n) is 6.10. The molecule has 18 heavy (non-hydrogen) atoms. The molecule has 0 heterocycles. The molecule has 2 heteroatoms. The molecule has 0 aliphatic heterocycles. The minimum atomic E-state index is -0.103. The molecule has 1 aromatic carbocycles. The average Bonchev–Trinajstić information content (AvgIpc) is 2.69. The Balaban J connectivity index is 1.51. The fraction of sp³-hybridized carbons (Fsp3) is 0.625. The van der Waals surface area contributed by atoms with Crippen LogP contribution in [0.4, 0.5) is 4.39 Å². The number of halogens is 1. The van der Waals surface area contributed by atoms with Crippen molar-refractivity contribution in [3.63, 3.8) is 0 Å². The van der Waals surface area contributed by atoms with Gasteiger partial charge in [0.25, 0.3) is 0 Å². The van der Waals surface area contributed by atoms with Crippen LogP contribution in [0.1, 0.15) is 50.5 Å². The SMILES string of the molecule is CC1CCCC1NC1CC(c2cccc(F)c2)C1. The van der Waals surface area contributed by atoms with E-state index in [-0.39, 0.29) is 5.82 Å². The molecule has 2 unspecified atom stereocenters. The Morgan fingerprint density at radius 2 is 2.06 bits per heavy atom. The first-order valence-electron chi connectivity index (χ1n) is 7.24. The fourth-order valence-corrected chi connectivity index (χ4v) is 3.48. The maximum Gasteiger partial charge on any atom is 0.123 e. The van der Waals surface area contributed by atoms with Crippen LogP contribution in [-0.4, -0.2) is 12.1 Å². The topological polar surface area (TPSA) is 12.0 Å². The van der Waals surface area contributed by atoms with Crippen molar-refractivity contribution in [2.75, 3.05) is 0 Å². The van der Waals surface area contributed by atoms with Crippen molar-refractivity contribution in [1.29, 1.82) is 0 Å². The molecular formula is C16H22FN. The van der Waals surface area contributed by atoms with Crippen LogP contribution in [0.3, 0.4) is 0 Å². The van der Waals surface area contributed by atoms with Crippen molar-refractivity contribution in [1.82, 2.24) is 5.32 Å². The van der Waals surface area contributed by atoms with Crippen molar-refractivity contribution in [2.45, 2.75) is 57.0 Å². The van der Waals surface area contributed by atoms with Gasteiger partial charge in [-0.3, -0.25) is 0 Å².